The molecule has 0 bridgehead atoms. The molecule has 3 heterocycles. The first-order valence-electron chi connectivity index (χ1n) is 9.65. The number of nitrogens with zero attached hydrogens (tertiary/aromatic N) is 4. The predicted octanol–water partition coefficient (Wildman–Crippen LogP) is 1.88. The zero-order valence-corrected chi connectivity index (χ0v) is 16.5. The molecule has 1 N–H and O–H groups in total. The van der Waals surface area contributed by atoms with Crippen molar-refractivity contribution < 1.29 is 9.59 Å². The van der Waals surface area contributed by atoms with Crippen molar-refractivity contribution in [3.63, 3.8) is 0 Å². The van der Waals surface area contributed by atoms with Crippen LogP contribution in [0.25, 0.3) is 11.3 Å². The van der Waals surface area contributed by atoms with E-state index in [2.05, 4.69) is 35.4 Å². The Hall–Kier alpha value is -2.80. The van der Waals surface area contributed by atoms with Crippen LogP contribution in [0.3, 0.4) is 0 Å². The highest BCUT2D eigenvalue weighted by molar-refractivity contribution is 5.96. The number of aromatic nitrogens is 2. The summed E-state index contributed by atoms with van der Waals surface area (Å²) in [6.45, 7) is 8.74. The number of fused-ring (bicyclic) bond motifs is 1. The highest BCUT2D eigenvalue weighted by atomic mass is 16.2. The molecule has 1 saturated heterocycles. The van der Waals surface area contributed by atoms with Crippen molar-refractivity contribution in [1.82, 2.24) is 20.4 Å². The summed E-state index contributed by atoms with van der Waals surface area (Å²) in [6, 6.07) is 9.58. The van der Waals surface area contributed by atoms with Gasteiger partial charge in [-0.1, -0.05) is 6.07 Å². The van der Waals surface area contributed by atoms with Gasteiger partial charge in [-0.3, -0.25) is 9.59 Å². The predicted molar refractivity (Wildman–Crippen MR) is 107 cm³/mol. The number of carbonyl (C=O) groups is 2. The lowest BCUT2D eigenvalue weighted by Crippen LogP contribution is -2.46. The van der Waals surface area contributed by atoms with E-state index in [1.54, 1.807) is 17.9 Å². The summed E-state index contributed by atoms with van der Waals surface area (Å²) in [6.07, 6.45) is 0.794. The number of hydrogen-bond acceptors (Lipinski definition) is 5. The molecule has 1 aromatic carbocycles. The van der Waals surface area contributed by atoms with Gasteiger partial charge in [0.05, 0.1) is 5.69 Å². The summed E-state index contributed by atoms with van der Waals surface area (Å²) in [7, 11) is 0. The van der Waals surface area contributed by atoms with Crippen LogP contribution in [-0.2, 0) is 11.2 Å². The second-order valence-corrected chi connectivity index (χ2v) is 8.03. The van der Waals surface area contributed by atoms with Gasteiger partial charge in [-0.25, -0.2) is 0 Å². The lowest BCUT2D eigenvalue weighted by atomic mass is 9.98. The number of piperazine rings is 1. The van der Waals surface area contributed by atoms with Crippen molar-refractivity contribution in [2.24, 2.45) is 0 Å². The number of carbonyl (C=O) groups excluding carboxylic acids is 2. The first kappa shape index (κ1) is 18.6. The fourth-order valence-electron chi connectivity index (χ4n) is 4.20. The lowest BCUT2D eigenvalue weighted by Gasteiger charge is -2.31. The molecule has 1 fully saturated rings. The molecule has 2 aliphatic rings. The monoisotopic (exact) mass is 379 g/mol. The summed E-state index contributed by atoms with van der Waals surface area (Å²) < 4.78 is 0. The molecule has 7 nitrogen and oxygen atoms in total. The van der Waals surface area contributed by atoms with E-state index < -0.39 is 0 Å². The Morgan fingerprint density at radius 1 is 1.07 bits per heavy atom. The average Bonchev–Trinajstić information content (AvgIpc) is 2.97. The van der Waals surface area contributed by atoms with Crippen LogP contribution in [-0.4, -0.2) is 58.6 Å². The Bertz CT molecular complexity index is 917. The minimum absolute atomic E-state index is 0.0482. The third-order valence-electron chi connectivity index (χ3n) is 5.45. The fraction of sp³-hybridized carbons (Fsp3) is 0.429. The van der Waals surface area contributed by atoms with E-state index in [4.69, 9.17) is 0 Å². The topological polar surface area (TPSA) is 78.4 Å². The van der Waals surface area contributed by atoms with Crippen molar-refractivity contribution in [3.8, 4) is 11.3 Å². The van der Waals surface area contributed by atoms with Gasteiger partial charge < -0.3 is 15.1 Å². The van der Waals surface area contributed by atoms with Crippen LogP contribution in [0.4, 0.5) is 5.69 Å². The molecule has 0 spiro atoms. The summed E-state index contributed by atoms with van der Waals surface area (Å²) in [4.78, 5) is 28.3. The maximum absolute atomic E-state index is 12.5. The number of hydrogen-bond donors (Lipinski definition) is 1. The highest BCUT2D eigenvalue weighted by Gasteiger charge is 2.38. The third-order valence-corrected chi connectivity index (χ3v) is 5.45. The molecule has 28 heavy (non-hydrogen) atoms. The van der Waals surface area contributed by atoms with Gasteiger partial charge in [-0.15, -0.1) is 10.2 Å². The van der Waals surface area contributed by atoms with Crippen LogP contribution < -0.4 is 10.2 Å². The molecule has 0 atom stereocenters. The molecule has 0 aliphatic carbocycles. The lowest BCUT2D eigenvalue weighted by molar-refractivity contribution is -0.117. The molecule has 0 saturated carbocycles. The maximum Gasteiger partial charge on any atom is 0.274 e. The van der Waals surface area contributed by atoms with Gasteiger partial charge in [0.1, 0.15) is 0 Å². The van der Waals surface area contributed by atoms with E-state index in [9.17, 15) is 9.59 Å². The molecule has 4 rings (SSSR count). The maximum atomic E-state index is 12.5. The Kier molecular flexibility index (Phi) is 4.63. The third kappa shape index (κ3) is 3.26. The molecule has 2 aliphatic heterocycles. The van der Waals surface area contributed by atoms with Crippen molar-refractivity contribution in [2.75, 3.05) is 31.1 Å². The van der Waals surface area contributed by atoms with Gasteiger partial charge in [-0.05, 0) is 50.1 Å². The summed E-state index contributed by atoms with van der Waals surface area (Å²) in [5.41, 5.74) is 3.88. The van der Waals surface area contributed by atoms with Gasteiger partial charge in [0.25, 0.3) is 5.91 Å². The quantitative estimate of drug-likeness (QED) is 0.862. The normalized spacial score (nSPS) is 18.1. The smallest absolute Gasteiger partial charge is 0.274 e. The first-order valence-corrected chi connectivity index (χ1v) is 9.65. The van der Waals surface area contributed by atoms with Crippen LogP contribution in [0, 0.1) is 0 Å². The van der Waals surface area contributed by atoms with Crippen LogP contribution in [0.5, 0.6) is 0 Å². The zero-order chi connectivity index (χ0) is 19.9. The SMILES string of the molecule is CC(=O)N1c2ccc(-c3ccc(C(=O)N4CCNCC4)nn3)cc2CC1(C)C. The van der Waals surface area contributed by atoms with Gasteiger partial charge in [0, 0.05) is 49.9 Å². The first-order chi connectivity index (χ1) is 13.4. The van der Waals surface area contributed by atoms with Gasteiger partial charge >= 0.3 is 0 Å². The standard InChI is InChI=1S/C21H25N5O2/c1-14(27)26-19-7-4-15(12-16(19)13-21(26,2)3)17-5-6-18(24-23-17)20(28)25-10-8-22-9-11-25/h4-7,12,22H,8-11,13H2,1-3H3. The van der Waals surface area contributed by atoms with Gasteiger partial charge in [0.2, 0.25) is 5.91 Å². The number of benzene rings is 1. The summed E-state index contributed by atoms with van der Waals surface area (Å²) in [5.74, 6) is -0.0274. The zero-order valence-electron chi connectivity index (χ0n) is 16.5. The van der Waals surface area contributed by atoms with E-state index >= 15 is 0 Å². The van der Waals surface area contributed by atoms with E-state index in [1.165, 1.54) is 0 Å². The Morgan fingerprint density at radius 3 is 2.46 bits per heavy atom. The summed E-state index contributed by atoms with van der Waals surface area (Å²) >= 11 is 0. The van der Waals surface area contributed by atoms with Crippen molar-refractivity contribution in [2.45, 2.75) is 32.7 Å². The van der Waals surface area contributed by atoms with Gasteiger partial charge in [-0.2, -0.15) is 0 Å². The molecule has 2 amide bonds. The minimum Gasteiger partial charge on any atom is -0.335 e. The van der Waals surface area contributed by atoms with E-state index in [1.807, 2.05) is 23.1 Å². The second kappa shape index (κ2) is 6.98. The van der Waals surface area contributed by atoms with Gasteiger partial charge in [0.15, 0.2) is 5.69 Å². The molecular formula is C21H25N5O2. The molecule has 146 valence electrons. The van der Waals surface area contributed by atoms with Crippen LogP contribution in [0.15, 0.2) is 30.3 Å². The van der Waals surface area contributed by atoms with Crippen LogP contribution in [0.1, 0.15) is 36.8 Å². The van der Waals surface area contributed by atoms with Crippen LogP contribution >= 0.6 is 0 Å². The molecule has 0 unspecified atom stereocenters. The van der Waals surface area contributed by atoms with E-state index in [0.29, 0.717) is 18.8 Å². The number of rotatable bonds is 2. The average molecular weight is 379 g/mol. The number of nitrogens with one attached hydrogen (secondary N) is 1. The molecule has 2 aromatic rings. The Balaban J connectivity index is 1.58. The Morgan fingerprint density at radius 2 is 1.82 bits per heavy atom. The number of anilines is 1. The minimum atomic E-state index is -0.238. The van der Waals surface area contributed by atoms with Crippen molar-refractivity contribution in [1.29, 1.82) is 0 Å². The molecule has 7 heteroatoms. The molecule has 0 radical (unpaired) electrons. The van der Waals surface area contributed by atoms with E-state index in [-0.39, 0.29) is 17.4 Å². The number of amides is 2. The van der Waals surface area contributed by atoms with Crippen molar-refractivity contribution in [3.05, 3.63) is 41.6 Å². The van der Waals surface area contributed by atoms with E-state index in [0.717, 1.165) is 42.0 Å². The molecule has 1 aromatic heterocycles. The fourth-order valence-corrected chi connectivity index (χ4v) is 4.20. The Labute approximate surface area is 164 Å². The second-order valence-electron chi connectivity index (χ2n) is 8.03. The molecular weight excluding hydrogens is 354 g/mol. The van der Waals surface area contributed by atoms with Crippen LogP contribution in [0.2, 0.25) is 0 Å². The summed E-state index contributed by atoms with van der Waals surface area (Å²) in [5, 5.41) is 11.7. The largest absolute Gasteiger partial charge is 0.335 e. The highest BCUT2D eigenvalue weighted by Crippen LogP contribution is 2.40. The van der Waals surface area contributed by atoms with Crippen molar-refractivity contribution >= 4 is 17.5 Å².